The van der Waals surface area contributed by atoms with E-state index in [1.807, 2.05) is 17.9 Å². The van der Waals surface area contributed by atoms with E-state index in [0.717, 1.165) is 51.5 Å². The van der Waals surface area contributed by atoms with E-state index >= 15 is 0 Å². The molecular weight excluding hydrogens is 376 g/mol. The number of fused-ring (bicyclic) bond motifs is 1. The van der Waals surface area contributed by atoms with Gasteiger partial charge in [-0.15, -0.1) is 0 Å². The van der Waals surface area contributed by atoms with Crippen molar-refractivity contribution in [2.75, 3.05) is 39.3 Å². The van der Waals surface area contributed by atoms with Gasteiger partial charge in [0.2, 0.25) is 0 Å². The first-order valence-electron chi connectivity index (χ1n) is 11.1. The number of rotatable bonds is 6. The summed E-state index contributed by atoms with van der Waals surface area (Å²) < 4.78 is 1.87. The lowest BCUT2D eigenvalue weighted by Crippen LogP contribution is -2.41. The molecule has 0 amide bonds. The first kappa shape index (κ1) is 20.9. The maximum atomic E-state index is 10.6. The van der Waals surface area contributed by atoms with Crippen molar-refractivity contribution < 1.29 is 5.11 Å². The second-order valence-electron chi connectivity index (χ2n) is 8.48. The van der Waals surface area contributed by atoms with Crippen LogP contribution in [0.25, 0.3) is 0 Å². The molecule has 0 radical (unpaired) electrons. The number of aliphatic imine (C=N–C) groups is 1. The Labute approximate surface area is 179 Å². The van der Waals surface area contributed by atoms with Crippen molar-refractivity contribution in [1.82, 2.24) is 24.9 Å². The normalized spacial score (nSPS) is 21.0. The number of hydrogen-bond donors (Lipinski definition) is 2. The Hall–Kier alpha value is -2.38. The number of aryl methyl sites for hydroxylation is 1. The van der Waals surface area contributed by atoms with Gasteiger partial charge in [-0.25, -0.2) is 0 Å². The number of aromatic nitrogens is 2. The molecular formula is C23H34N6O. The van der Waals surface area contributed by atoms with Gasteiger partial charge in [0, 0.05) is 58.4 Å². The average molecular weight is 411 g/mol. The minimum absolute atomic E-state index is 0.425. The topological polar surface area (TPSA) is 68.9 Å². The molecule has 3 heterocycles. The first-order chi connectivity index (χ1) is 14.6. The predicted octanol–water partition coefficient (Wildman–Crippen LogP) is 1.59. The number of benzene rings is 1. The lowest BCUT2D eigenvalue weighted by Gasteiger charge is -2.30. The zero-order valence-corrected chi connectivity index (χ0v) is 18.2. The molecule has 0 spiro atoms. The molecule has 2 N–H and O–H groups in total. The summed E-state index contributed by atoms with van der Waals surface area (Å²) in [6.07, 6.45) is 5.78. The minimum atomic E-state index is -0.458. The van der Waals surface area contributed by atoms with Gasteiger partial charge in [0.25, 0.3) is 0 Å². The molecule has 2 aromatic rings. The Morgan fingerprint density at radius 2 is 2.13 bits per heavy atom. The van der Waals surface area contributed by atoms with Gasteiger partial charge in [-0.1, -0.05) is 24.3 Å². The van der Waals surface area contributed by atoms with Gasteiger partial charge in [-0.05, 0) is 36.5 Å². The molecule has 1 aromatic heterocycles. The van der Waals surface area contributed by atoms with Gasteiger partial charge < -0.3 is 15.3 Å². The van der Waals surface area contributed by atoms with E-state index in [0.29, 0.717) is 19.0 Å². The monoisotopic (exact) mass is 410 g/mol. The summed E-state index contributed by atoms with van der Waals surface area (Å²) >= 11 is 0. The first-order valence-corrected chi connectivity index (χ1v) is 11.1. The van der Waals surface area contributed by atoms with Gasteiger partial charge in [0.05, 0.1) is 18.8 Å². The smallest absolute Gasteiger partial charge is 0.194 e. The van der Waals surface area contributed by atoms with Gasteiger partial charge >= 0.3 is 0 Å². The van der Waals surface area contributed by atoms with Crippen molar-refractivity contribution in [1.29, 1.82) is 0 Å². The third-order valence-electron chi connectivity index (χ3n) is 6.15. The van der Waals surface area contributed by atoms with Crippen LogP contribution in [0, 0.1) is 0 Å². The molecule has 7 heteroatoms. The maximum absolute atomic E-state index is 10.6. The summed E-state index contributed by atoms with van der Waals surface area (Å²) in [5, 5.41) is 18.4. The van der Waals surface area contributed by atoms with Gasteiger partial charge in [0.15, 0.2) is 5.96 Å². The Morgan fingerprint density at radius 1 is 1.30 bits per heavy atom. The Morgan fingerprint density at radius 3 is 2.90 bits per heavy atom. The fraction of sp³-hybridized carbons (Fsp3) is 0.565. The van der Waals surface area contributed by atoms with Crippen molar-refractivity contribution >= 4 is 5.96 Å². The molecule has 4 rings (SSSR count). The van der Waals surface area contributed by atoms with Crippen LogP contribution >= 0.6 is 0 Å². The van der Waals surface area contributed by atoms with Gasteiger partial charge in [-0.3, -0.25) is 14.6 Å². The van der Waals surface area contributed by atoms with Crippen LogP contribution in [0.15, 0.2) is 41.7 Å². The average Bonchev–Trinajstić information content (AvgIpc) is 3.40. The van der Waals surface area contributed by atoms with E-state index in [9.17, 15) is 5.11 Å². The predicted molar refractivity (Wildman–Crippen MR) is 120 cm³/mol. The molecule has 0 bridgehead atoms. The fourth-order valence-corrected chi connectivity index (χ4v) is 4.56. The highest BCUT2D eigenvalue weighted by molar-refractivity contribution is 5.80. The molecule has 2 unspecified atom stereocenters. The summed E-state index contributed by atoms with van der Waals surface area (Å²) in [6, 6.07) is 8.62. The van der Waals surface area contributed by atoms with Crippen LogP contribution in [0.5, 0.6) is 0 Å². The van der Waals surface area contributed by atoms with E-state index in [2.05, 4.69) is 57.6 Å². The van der Waals surface area contributed by atoms with Crippen LogP contribution in [0.1, 0.15) is 36.0 Å². The molecule has 1 saturated heterocycles. The quantitative estimate of drug-likeness (QED) is 0.559. The Kier molecular flexibility index (Phi) is 6.69. The van der Waals surface area contributed by atoms with E-state index in [-0.39, 0.29) is 0 Å². The molecule has 0 saturated carbocycles. The van der Waals surface area contributed by atoms with Crippen LogP contribution in [0.2, 0.25) is 0 Å². The zero-order chi connectivity index (χ0) is 20.9. The number of β-amino-alcohol motifs (C(OH)–C–C–N with tert-alkyl or cyclic N) is 1. The maximum Gasteiger partial charge on any atom is 0.194 e. The van der Waals surface area contributed by atoms with Crippen LogP contribution < -0.4 is 5.32 Å². The van der Waals surface area contributed by atoms with Gasteiger partial charge in [0.1, 0.15) is 0 Å². The van der Waals surface area contributed by atoms with Crippen molar-refractivity contribution in [3.05, 3.63) is 53.3 Å². The van der Waals surface area contributed by atoms with Crippen LogP contribution in [0.4, 0.5) is 0 Å². The molecule has 1 fully saturated rings. The van der Waals surface area contributed by atoms with E-state index < -0.39 is 6.10 Å². The number of nitrogens with zero attached hydrogens (tertiary/aromatic N) is 5. The molecule has 2 aliphatic rings. The van der Waals surface area contributed by atoms with Crippen molar-refractivity contribution in [2.45, 2.75) is 38.3 Å². The number of likely N-dealkylation sites (tertiary alicyclic amines) is 1. The summed E-state index contributed by atoms with van der Waals surface area (Å²) in [5.74, 6) is 1.40. The van der Waals surface area contributed by atoms with Gasteiger partial charge in [-0.2, -0.15) is 5.10 Å². The zero-order valence-electron chi connectivity index (χ0n) is 18.2. The molecule has 30 heavy (non-hydrogen) atoms. The number of hydrogen-bond acceptors (Lipinski definition) is 4. The second-order valence-corrected chi connectivity index (χ2v) is 8.48. The van der Waals surface area contributed by atoms with Crippen LogP contribution in [0.3, 0.4) is 0 Å². The third kappa shape index (κ3) is 5.02. The SMILES string of the molecule is CCNC(=NCC(O)CN1CCc2ccccc2C1)N1CCC(c2cnn(C)c2)C1. The van der Waals surface area contributed by atoms with E-state index in [1.165, 1.54) is 16.7 Å². The number of aliphatic hydroxyl groups is 1. The Balaban J connectivity index is 1.31. The molecule has 0 aliphatic carbocycles. The summed E-state index contributed by atoms with van der Waals surface area (Å²) in [7, 11) is 1.96. The molecule has 2 aliphatic heterocycles. The number of guanidine groups is 1. The van der Waals surface area contributed by atoms with Crippen molar-refractivity contribution in [3.63, 3.8) is 0 Å². The highest BCUT2D eigenvalue weighted by Crippen LogP contribution is 2.26. The molecule has 1 aromatic carbocycles. The summed E-state index contributed by atoms with van der Waals surface area (Å²) in [5.41, 5.74) is 4.11. The number of nitrogens with one attached hydrogen (secondary N) is 1. The van der Waals surface area contributed by atoms with Crippen molar-refractivity contribution in [3.8, 4) is 0 Å². The van der Waals surface area contributed by atoms with E-state index in [1.54, 1.807) is 0 Å². The second kappa shape index (κ2) is 9.62. The highest BCUT2D eigenvalue weighted by Gasteiger charge is 2.27. The van der Waals surface area contributed by atoms with Crippen LogP contribution in [-0.2, 0) is 20.0 Å². The summed E-state index contributed by atoms with van der Waals surface area (Å²) in [4.78, 5) is 9.42. The molecule has 162 valence electrons. The lowest BCUT2D eigenvalue weighted by atomic mass is 10.00. The largest absolute Gasteiger partial charge is 0.390 e. The fourth-order valence-electron chi connectivity index (χ4n) is 4.56. The minimum Gasteiger partial charge on any atom is -0.390 e. The third-order valence-corrected chi connectivity index (χ3v) is 6.15. The van der Waals surface area contributed by atoms with Crippen LogP contribution in [-0.4, -0.2) is 76.0 Å². The number of aliphatic hydroxyl groups excluding tert-OH is 1. The molecule has 7 nitrogen and oxygen atoms in total. The van der Waals surface area contributed by atoms with E-state index in [4.69, 9.17) is 4.99 Å². The lowest BCUT2D eigenvalue weighted by molar-refractivity contribution is 0.111. The highest BCUT2D eigenvalue weighted by atomic mass is 16.3. The standard InChI is InChI=1S/C23H34N6O/c1-3-24-23(29-11-9-20(16-29)21-12-26-27(2)14-21)25-13-22(30)17-28-10-8-18-6-4-5-7-19(18)15-28/h4-7,12,14,20,22,30H,3,8-11,13,15-17H2,1-2H3,(H,24,25). The molecule has 2 atom stereocenters. The Bertz CT molecular complexity index is 863. The summed E-state index contributed by atoms with van der Waals surface area (Å²) in [6.45, 7) is 7.83. The van der Waals surface area contributed by atoms with Crippen molar-refractivity contribution in [2.24, 2.45) is 12.0 Å².